The van der Waals surface area contributed by atoms with Crippen molar-refractivity contribution < 1.29 is 13.2 Å². The molecule has 0 spiro atoms. The molecule has 0 unspecified atom stereocenters. The molecule has 0 aliphatic heterocycles. The predicted octanol–water partition coefficient (Wildman–Crippen LogP) is 3.68. The zero-order valence-electron chi connectivity index (χ0n) is 15.8. The van der Waals surface area contributed by atoms with Crippen LogP contribution in [-0.4, -0.2) is 31.4 Å². The maximum absolute atomic E-state index is 12.6. The van der Waals surface area contributed by atoms with Crippen molar-refractivity contribution in [2.45, 2.75) is 32.9 Å². The number of nitrogens with one attached hydrogen (secondary N) is 1. The summed E-state index contributed by atoms with van der Waals surface area (Å²) in [5, 5.41) is 3.42. The molecular weight excluding hydrogens is 384 g/mol. The molecule has 1 N–H and O–H groups in total. The Kier molecular flexibility index (Phi) is 7.41. The Morgan fingerprint density at radius 3 is 2.37 bits per heavy atom. The van der Waals surface area contributed by atoms with Crippen LogP contribution in [-0.2, 0) is 21.4 Å². The van der Waals surface area contributed by atoms with Crippen molar-refractivity contribution >= 4 is 27.5 Å². The molecule has 2 rings (SSSR count). The summed E-state index contributed by atoms with van der Waals surface area (Å²) in [6.45, 7) is 3.76. The fourth-order valence-corrected chi connectivity index (χ4v) is 3.81. The minimum atomic E-state index is -3.58. The average Bonchev–Trinajstić information content (AvgIpc) is 2.61. The van der Waals surface area contributed by atoms with E-state index in [4.69, 9.17) is 11.6 Å². The Morgan fingerprint density at radius 1 is 1.15 bits per heavy atom. The molecule has 0 fully saturated rings. The number of benzene rings is 2. The monoisotopic (exact) mass is 408 g/mol. The van der Waals surface area contributed by atoms with Crippen LogP contribution in [0.1, 0.15) is 36.1 Å². The normalized spacial score (nSPS) is 12.8. The minimum Gasteiger partial charge on any atom is -0.348 e. The van der Waals surface area contributed by atoms with E-state index in [-0.39, 0.29) is 25.0 Å². The summed E-state index contributed by atoms with van der Waals surface area (Å²) >= 11 is 6.14. The summed E-state index contributed by atoms with van der Waals surface area (Å²) in [7, 11) is -3.58. The predicted molar refractivity (Wildman–Crippen MR) is 109 cm³/mol. The minimum absolute atomic E-state index is 0.0487. The van der Waals surface area contributed by atoms with Gasteiger partial charge in [0.25, 0.3) is 0 Å². The quantitative estimate of drug-likeness (QED) is 0.724. The molecule has 0 saturated carbocycles. The van der Waals surface area contributed by atoms with Crippen molar-refractivity contribution in [3.63, 3.8) is 0 Å². The van der Waals surface area contributed by atoms with Gasteiger partial charge in [0.1, 0.15) is 0 Å². The molecule has 2 aromatic carbocycles. The molecule has 0 bridgehead atoms. The van der Waals surface area contributed by atoms with E-state index in [0.29, 0.717) is 17.0 Å². The second kappa shape index (κ2) is 9.35. The van der Waals surface area contributed by atoms with Gasteiger partial charge in [0, 0.05) is 11.6 Å². The number of carbonyl (C=O) groups excluding carboxylic acids is 1. The highest BCUT2D eigenvalue weighted by atomic mass is 35.5. The number of nitrogens with zero attached hydrogens (tertiary/aromatic N) is 1. The molecule has 0 saturated heterocycles. The first-order valence-corrected chi connectivity index (χ1v) is 11.0. The van der Waals surface area contributed by atoms with E-state index in [0.717, 1.165) is 21.7 Å². The molecule has 5 nitrogen and oxygen atoms in total. The SMILES string of the molecule is CC[C@@H](NC(=O)CN(Cc1ccccc1Cl)S(C)(=O)=O)c1ccccc1C. The summed E-state index contributed by atoms with van der Waals surface area (Å²) in [6.07, 6.45) is 1.80. The molecule has 1 atom stereocenters. The third-order valence-electron chi connectivity index (χ3n) is 4.40. The van der Waals surface area contributed by atoms with Crippen molar-refractivity contribution in [3.8, 4) is 0 Å². The topological polar surface area (TPSA) is 66.5 Å². The third kappa shape index (κ3) is 6.06. The lowest BCUT2D eigenvalue weighted by atomic mass is 9.99. The molecule has 7 heteroatoms. The highest BCUT2D eigenvalue weighted by Gasteiger charge is 2.23. The maximum Gasteiger partial charge on any atom is 0.235 e. The van der Waals surface area contributed by atoms with Crippen molar-refractivity contribution in [1.29, 1.82) is 0 Å². The Labute approximate surface area is 166 Å². The summed E-state index contributed by atoms with van der Waals surface area (Å²) in [5.74, 6) is -0.345. The van der Waals surface area contributed by atoms with Gasteiger partial charge in [-0.15, -0.1) is 0 Å². The van der Waals surface area contributed by atoms with Crippen LogP contribution in [0.2, 0.25) is 5.02 Å². The van der Waals surface area contributed by atoms with Crippen LogP contribution in [0.15, 0.2) is 48.5 Å². The second-order valence-corrected chi connectivity index (χ2v) is 8.90. The first kappa shape index (κ1) is 21.4. The first-order chi connectivity index (χ1) is 12.7. The van der Waals surface area contributed by atoms with Gasteiger partial charge in [-0.2, -0.15) is 4.31 Å². The van der Waals surface area contributed by atoms with Crippen LogP contribution >= 0.6 is 11.6 Å². The van der Waals surface area contributed by atoms with Gasteiger partial charge in [0.2, 0.25) is 15.9 Å². The molecule has 27 heavy (non-hydrogen) atoms. The summed E-state index contributed by atoms with van der Waals surface area (Å²) in [5.41, 5.74) is 2.77. The van der Waals surface area contributed by atoms with Gasteiger partial charge in [-0.1, -0.05) is 61.0 Å². The molecule has 0 aliphatic carbocycles. The van der Waals surface area contributed by atoms with Crippen LogP contribution in [0.3, 0.4) is 0 Å². The Bertz CT molecular complexity index is 900. The Hall–Kier alpha value is -1.89. The lowest BCUT2D eigenvalue weighted by Crippen LogP contribution is -2.41. The van der Waals surface area contributed by atoms with E-state index < -0.39 is 10.0 Å². The van der Waals surface area contributed by atoms with E-state index in [1.807, 2.05) is 38.1 Å². The van der Waals surface area contributed by atoms with E-state index in [9.17, 15) is 13.2 Å². The van der Waals surface area contributed by atoms with Crippen LogP contribution in [0, 0.1) is 6.92 Å². The van der Waals surface area contributed by atoms with Gasteiger partial charge in [0.15, 0.2) is 0 Å². The van der Waals surface area contributed by atoms with Gasteiger partial charge >= 0.3 is 0 Å². The van der Waals surface area contributed by atoms with Crippen molar-refractivity contribution in [2.75, 3.05) is 12.8 Å². The fraction of sp³-hybridized carbons (Fsp3) is 0.350. The fourth-order valence-electron chi connectivity index (χ4n) is 2.88. The summed E-state index contributed by atoms with van der Waals surface area (Å²) in [6, 6.07) is 14.7. The molecule has 0 radical (unpaired) electrons. The van der Waals surface area contributed by atoms with Gasteiger partial charge in [-0.25, -0.2) is 8.42 Å². The Morgan fingerprint density at radius 2 is 1.78 bits per heavy atom. The van der Waals surface area contributed by atoms with Crippen LogP contribution in [0.4, 0.5) is 0 Å². The van der Waals surface area contributed by atoms with E-state index in [2.05, 4.69) is 5.32 Å². The molecule has 0 aromatic heterocycles. The average molecular weight is 409 g/mol. The Balaban J connectivity index is 2.14. The molecular formula is C20H25ClN2O3S. The number of sulfonamides is 1. The van der Waals surface area contributed by atoms with Gasteiger partial charge in [0.05, 0.1) is 18.8 Å². The van der Waals surface area contributed by atoms with Crippen molar-refractivity contribution in [2.24, 2.45) is 0 Å². The number of halogens is 1. The van der Waals surface area contributed by atoms with Gasteiger partial charge in [-0.3, -0.25) is 4.79 Å². The van der Waals surface area contributed by atoms with Crippen molar-refractivity contribution in [3.05, 3.63) is 70.2 Å². The van der Waals surface area contributed by atoms with E-state index in [1.54, 1.807) is 24.3 Å². The standard InChI is InChI=1S/C20H25ClN2O3S/c1-4-19(17-11-7-5-9-15(17)2)22-20(24)14-23(27(3,25)26)13-16-10-6-8-12-18(16)21/h5-12,19H,4,13-14H2,1-3H3,(H,22,24)/t19-/m1/s1. The second-order valence-electron chi connectivity index (χ2n) is 6.51. The molecule has 0 heterocycles. The number of rotatable bonds is 8. The highest BCUT2D eigenvalue weighted by molar-refractivity contribution is 7.88. The van der Waals surface area contributed by atoms with Gasteiger partial charge in [-0.05, 0) is 36.1 Å². The molecule has 0 aliphatic rings. The number of hydrogen-bond donors (Lipinski definition) is 1. The van der Waals surface area contributed by atoms with Crippen LogP contribution < -0.4 is 5.32 Å². The number of aryl methyl sites for hydroxylation is 1. The van der Waals surface area contributed by atoms with E-state index >= 15 is 0 Å². The molecule has 1 amide bonds. The van der Waals surface area contributed by atoms with Gasteiger partial charge < -0.3 is 5.32 Å². The maximum atomic E-state index is 12.6. The smallest absolute Gasteiger partial charge is 0.235 e. The first-order valence-electron chi connectivity index (χ1n) is 8.75. The van der Waals surface area contributed by atoms with Crippen molar-refractivity contribution in [1.82, 2.24) is 9.62 Å². The van der Waals surface area contributed by atoms with Crippen LogP contribution in [0.25, 0.3) is 0 Å². The lowest BCUT2D eigenvalue weighted by Gasteiger charge is -2.23. The number of carbonyl (C=O) groups is 1. The zero-order valence-corrected chi connectivity index (χ0v) is 17.3. The number of hydrogen-bond acceptors (Lipinski definition) is 3. The third-order valence-corrected chi connectivity index (χ3v) is 5.97. The zero-order chi connectivity index (χ0) is 20.0. The molecule has 2 aromatic rings. The largest absolute Gasteiger partial charge is 0.348 e. The van der Waals surface area contributed by atoms with Crippen LogP contribution in [0.5, 0.6) is 0 Å². The summed E-state index contributed by atoms with van der Waals surface area (Å²) in [4.78, 5) is 12.6. The lowest BCUT2D eigenvalue weighted by molar-refractivity contribution is -0.122. The highest BCUT2D eigenvalue weighted by Crippen LogP contribution is 2.21. The molecule has 146 valence electrons. The summed E-state index contributed by atoms with van der Waals surface area (Å²) < 4.78 is 25.5. The number of amides is 1. The van der Waals surface area contributed by atoms with E-state index in [1.165, 1.54) is 0 Å².